The van der Waals surface area contributed by atoms with E-state index in [0.29, 0.717) is 24.0 Å². The maximum Gasteiger partial charge on any atom is 0.243 e. The Kier molecular flexibility index (Phi) is 7.82. The van der Waals surface area contributed by atoms with Gasteiger partial charge in [-0.25, -0.2) is 8.42 Å². The molecular formula is C20H33N3O3S. The summed E-state index contributed by atoms with van der Waals surface area (Å²) in [7, 11) is -3.44. The molecule has 1 aromatic rings. The SMILES string of the molecule is CCN(CC)S(=O)(=O)c1ccc([C@H](C)N[C@@H](C)C(=O)NC2CCCC2)cc1. The lowest BCUT2D eigenvalue weighted by atomic mass is 10.1. The van der Waals surface area contributed by atoms with Crippen molar-refractivity contribution in [3.8, 4) is 0 Å². The first-order valence-electron chi connectivity index (χ1n) is 9.96. The molecule has 2 rings (SSSR count). The zero-order chi connectivity index (χ0) is 20.0. The van der Waals surface area contributed by atoms with Crippen LogP contribution < -0.4 is 10.6 Å². The fourth-order valence-corrected chi connectivity index (χ4v) is 5.04. The molecule has 0 bridgehead atoms. The van der Waals surface area contributed by atoms with Gasteiger partial charge in [0.05, 0.1) is 10.9 Å². The van der Waals surface area contributed by atoms with Crippen LogP contribution in [0.25, 0.3) is 0 Å². The van der Waals surface area contributed by atoms with E-state index in [0.717, 1.165) is 18.4 Å². The number of hydrogen-bond acceptors (Lipinski definition) is 4. The molecular weight excluding hydrogens is 362 g/mol. The monoisotopic (exact) mass is 395 g/mol. The lowest BCUT2D eigenvalue weighted by Gasteiger charge is -2.22. The highest BCUT2D eigenvalue weighted by Gasteiger charge is 2.23. The molecule has 2 N–H and O–H groups in total. The van der Waals surface area contributed by atoms with Crippen LogP contribution in [0.4, 0.5) is 0 Å². The van der Waals surface area contributed by atoms with Crippen molar-refractivity contribution < 1.29 is 13.2 Å². The van der Waals surface area contributed by atoms with Crippen molar-refractivity contribution >= 4 is 15.9 Å². The Morgan fingerprint density at radius 1 is 1.11 bits per heavy atom. The Labute approximate surface area is 163 Å². The van der Waals surface area contributed by atoms with Gasteiger partial charge in [0, 0.05) is 25.2 Å². The second-order valence-electron chi connectivity index (χ2n) is 7.26. The van der Waals surface area contributed by atoms with Crippen molar-refractivity contribution in [2.45, 2.75) is 76.4 Å². The number of amides is 1. The van der Waals surface area contributed by atoms with Gasteiger partial charge in [-0.2, -0.15) is 4.31 Å². The fraction of sp³-hybridized carbons (Fsp3) is 0.650. The minimum absolute atomic E-state index is 0.0227. The molecule has 1 aromatic carbocycles. The van der Waals surface area contributed by atoms with Gasteiger partial charge in [0.15, 0.2) is 0 Å². The van der Waals surface area contributed by atoms with Crippen LogP contribution in [0.3, 0.4) is 0 Å². The normalized spacial score (nSPS) is 17.8. The topological polar surface area (TPSA) is 78.5 Å². The second-order valence-corrected chi connectivity index (χ2v) is 9.20. The number of benzene rings is 1. The summed E-state index contributed by atoms with van der Waals surface area (Å²) < 4.78 is 26.6. The number of sulfonamides is 1. The summed E-state index contributed by atoms with van der Waals surface area (Å²) in [6.45, 7) is 8.41. The number of nitrogens with one attached hydrogen (secondary N) is 2. The smallest absolute Gasteiger partial charge is 0.243 e. The van der Waals surface area contributed by atoms with Gasteiger partial charge in [0.1, 0.15) is 0 Å². The zero-order valence-corrected chi connectivity index (χ0v) is 17.7. The molecule has 1 amide bonds. The molecule has 0 unspecified atom stereocenters. The van der Waals surface area contributed by atoms with E-state index in [1.807, 2.05) is 39.8 Å². The van der Waals surface area contributed by atoms with Crippen LogP contribution in [0.15, 0.2) is 29.2 Å². The van der Waals surface area contributed by atoms with E-state index in [1.165, 1.54) is 17.1 Å². The van der Waals surface area contributed by atoms with Gasteiger partial charge >= 0.3 is 0 Å². The van der Waals surface area contributed by atoms with Crippen molar-refractivity contribution in [1.82, 2.24) is 14.9 Å². The molecule has 1 aliphatic carbocycles. The predicted octanol–water partition coefficient (Wildman–Crippen LogP) is 2.82. The Bertz CT molecular complexity index is 708. The molecule has 0 saturated heterocycles. The lowest BCUT2D eigenvalue weighted by molar-refractivity contribution is -0.123. The average molecular weight is 396 g/mol. The molecule has 7 heteroatoms. The largest absolute Gasteiger partial charge is 0.352 e. The van der Waals surface area contributed by atoms with Crippen LogP contribution in [-0.2, 0) is 14.8 Å². The number of carbonyl (C=O) groups is 1. The van der Waals surface area contributed by atoms with Crippen LogP contribution in [0.5, 0.6) is 0 Å². The first-order valence-corrected chi connectivity index (χ1v) is 11.4. The summed E-state index contributed by atoms with van der Waals surface area (Å²) in [5.74, 6) is 0.0227. The minimum Gasteiger partial charge on any atom is -0.352 e. The highest BCUT2D eigenvalue weighted by molar-refractivity contribution is 7.89. The van der Waals surface area contributed by atoms with E-state index in [9.17, 15) is 13.2 Å². The van der Waals surface area contributed by atoms with E-state index < -0.39 is 10.0 Å². The van der Waals surface area contributed by atoms with E-state index in [-0.39, 0.29) is 18.0 Å². The van der Waals surface area contributed by atoms with Crippen molar-refractivity contribution in [3.63, 3.8) is 0 Å². The second kappa shape index (κ2) is 9.66. The number of hydrogen-bond donors (Lipinski definition) is 2. The molecule has 0 aliphatic heterocycles. The molecule has 0 radical (unpaired) electrons. The van der Waals surface area contributed by atoms with Crippen LogP contribution in [0.1, 0.15) is 65.0 Å². The Morgan fingerprint density at radius 3 is 2.19 bits per heavy atom. The van der Waals surface area contributed by atoms with Crippen molar-refractivity contribution in [3.05, 3.63) is 29.8 Å². The fourth-order valence-electron chi connectivity index (χ4n) is 3.58. The summed E-state index contributed by atoms with van der Waals surface area (Å²) in [6.07, 6.45) is 4.50. The summed E-state index contributed by atoms with van der Waals surface area (Å²) in [5, 5.41) is 6.40. The van der Waals surface area contributed by atoms with Crippen LogP contribution in [0, 0.1) is 0 Å². The highest BCUT2D eigenvalue weighted by atomic mass is 32.2. The molecule has 1 fully saturated rings. The third-order valence-corrected chi connectivity index (χ3v) is 7.38. The summed E-state index contributed by atoms with van der Waals surface area (Å²) in [4.78, 5) is 12.6. The zero-order valence-electron chi connectivity index (χ0n) is 16.9. The average Bonchev–Trinajstić information content (AvgIpc) is 3.15. The molecule has 1 saturated carbocycles. The Hall–Kier alpha value is -1.44. The van der Waals surface area contributed by atoms with E-state index in [2.05, 4.69) is 10.6 Å². The first-order chi connectivity index (χ1) is 12.8. The molecule has 1 aliphatic rings. The quantitative estimate of drug-likeness (QED) is 0.674. The predicted molar refractivity (Wildman–Crippen MR) is 108 cm³/mol. The molecule has 0 heterocycles. The van der Waals surface area contributed by atoms with Crippen molar-refractivity contribution in [2.75, 3.05) is 13.1 Å². The maximum atomic E-state index is 12.6. The molecule has 6 nitrogen and oxygen atoms in total. The molecule has 27 heavy (non-hydrogen) atoms. The lowest BCUT2D eigenvalue weighted by Crippen LogP contribution is -2.46. The summed E-state index contributed by atoms with van der Waals surface area (Å²) in [5.41, 5.74) is 0.953. The van der Waals surface area contributed by atoms with Gasteiger partial charge in [-0.1, -0.05) is 38.8 Å². The van der Waals surface area contributed by atoms with Gasteiger partial charge < -0.3 is 5.32 Å². The van der Waals surface area contributed by atoms with Crippen LogP contribution >= 0.6 is 0 Å². The van der Waals surface area contributed by atoms with E-state index in [4.69, 9.17) is 0 Å². The summed E-state index contributed by atoms with van der Waals surface area (Å²) >= 11 is 0. The Balaban J connectivity index is 1.98. The minimum atomic E-state index is -3.44. The van der Waals surface area contributed by atoms with Crippen molar-refractivity contribution in [2.24, 2.45) is 0 Å². The number of nitrogens with zero attached hydrogens (tertiary/aromatic N) is 1. The van der Waals surface area contributed by atoms with E-state index >= 15 is 0 Å². The standard InChI is InChI=1S/C20H33N3O3S/c1-5-23(6-2)27(25,26)19-13-11-17(12-14-19)15(3)21-16(4)20(24)22-18-9-7-8-10-18/h11-16,18,21H,5-10H2,1-4H3,(H,22,24)/t15-,16-/m0/s1. The van der Waals surface area contributed by atoms with Crippen LogP contribution in [-0.4, -0.2) is 43.8 Å². The van der Waals surface area contributed by atoms with Gasteiger partial charge in [0.25, 0.3) is 0 Å². The Morgan fingerprint density at radius 2 is 1.67 bits per heavy atom. The van der Waals surface area contributed by atoms with Gasteiger partial charge in [-0.05, 0) is 44.4 Å². The molecule has 2 atom stereocenters. The van der Waals surface area contributed by atoms with Gasteiger partial charge in [-0.3, -0.25) is 10.1 Å². The maximum absolute atomic E-state index is 12.6. The van der Waals surface area contributed by atoms with Gasteiger partial charge in [-0.15, -0.1) is 0 Å². The van der Waals surface area contributed by atoms with Crippen LogP contribution in [0.2, 0.25) is 0 Å². The molecule has 0 spiro atoms. The first kappa shape index (κ1) is 21.9. The molecule has 0 aromatic heterocycles. The third-order valence-electron chi connectivity index (χ3n) is 5.32. The van der Waals surface area contributed by atoms with E-state index in [1.54, 1.807) is 12.1 Å². The van der Waals surface area contributed by atoms with Gasteiger partial charge in [0.2, 0.25) is 15.9 Å². The van der Waals surface area contributed by atoms with Crippen molar-refractivity contribution in [1.29, 1.82) is 0 Å². The molecule has 152 valence electrons. The third kappa shape index (κ3) is 5.53. The number of carbonyl (C=O) groups excluding carboxylic acids is 1. The highest BCUT2D eigenvalue weighted by Crippen LogP contribution is 2.20. The number of rotatable bonds is 9. The summed E-state index contributed by atoms with van der Waals surface area (Å²) in [6, 6.07) is 6.86.